The van der Waals surface area contributed by atoms with Gasteiger partial charge in [0.05, 0.1) is 4.62 Å². The zero-order valence-corrected chi connectivity index (χ0v) is 8.48. The molecule has 0 aromatic heterocycles. The quantitative estimate of drug-likeness (QED) is 0.387. The van der Waals surface area contributed by atoms with Gasteiger partial charge in [-0.3, -0.25) is 4.99 Å². The summed E-state index contributed by atoms with van der Waals surface area (Å²) in [5, 5.41) is 0. The predicted octanol–water partition coefficient (Wildman–Crippen LogP) is 3.43. The fourth-order valence-electron chi connectivity index (χ4n) is 0.532. The van der Waals surface area contributed by atoms with Crippen molar-refractivity contribution in [1.29, 1.82) is 0 Å². The second-order valence-electron chi connectivity index (χ2n) is 2.00. The normalized spacial score (nSPS) is 11.7. The maximum absolute atomic E-state index is 4.02. The lowest BCUT2D eigenvalue weighted by Gasteiger charge is -1.87. The van der Waals surface area contributed by atoms with Gasteiger partial charge in [0.25, 0.3) is 0 Å². The maximum atomic E-state index is 4.02. The van der Waals surface area contributed by atoms with Crippen LogP contribution in [0.25, 0.3) is 0 Å². The van der Waals surface area contributed by atoms with Gasteiger partial charge in [-0.1, -0.05) is 13.5 Å². The Morgan fingerprint density at radius 1 is 1.73 bits per heavy atom. The molecule has 0 N–H and O–H groups in total. The fraction of sp³-hybridized carbons (Fsp3) is 0.333. The minimum absolute atomic E-state index is 0.869. The van der Waals surface area contributed by atoms with Gasteiger partial charge in [0.2, 0.25) is 0 Å². The van der Waals surface area contributed by atoms with E-state index in [1.807, 2.05) is 13.0 Å². The van der Waals surface area contributed by atoms with Gasteiger partial charge < -0.3 is 0 Å². The van der Waals surface area contributed by atoms with Gasteiger partial charge in [-0.15, -0.1) is 5.73 Å². The molecule has 0 aliphatic carbocycles. The summed E-state index contributed by atoms with van der Waals surface area (Å²) in [7, 11) is 0. The topological polar surface area (TPSA) is 12.4 Å². The molecule has 0 bridgehead atoms. The summed E-state index contributed by atoms with van der Waals surface area (Å²) in [5.41, 5.74) is 3.89. The molecule has 1 nitrogen and oxygen atoms in total. The van der Waals surface area contributed by atoms with E-state index in [4.69, 9.17) is 0 Å². The van der Waals surface area contributed by atoms with Crippen molar-refractivity contribution in [3.8, 4) is 0 Å². The van der Waals surface area contributed by atoms with E-state index in [2.05, 4.69) is 40.2 Å². The second-order valence-corrected chi connectivity index (χ2v) is 3.15. The van der Waals surface area contributed by atoms with Crippen LogP contribution < -0.4 is 0 Å². The van der Waals surface area contributed by atoms with Gasteiger partial charge in [0.1, 0.15) is 0 Å². The molecular weight excluding hydrogens is 202 g/mol. The van der Waals surface area contributed by atoms with Crippen molar-refractivity contribution >= 4 is 20.6 Å². The smallest absolute Gasteiger partial charge is 0.0798 e. The molecule has 11 heavy (non-hydrogen) atoms. The number of halogens is 1. The average Bonchev–Trinajstić information content (AvgIpc) is 1.98. The van der Waals surface area contributed by atoms with Crippen molar-refractivity contribution in [2.75, 3.05) is 0 Å². The molecule has 0 saturated heterocycles. The summed E-state index contributed by atoms with van der Waals surface area (Å²) < 4.78 is 0.869. The van der Waals surface area contributed by atoms with Crippen LogP contribution >= 0.6 is 15.9 Å². The molecule has 0 saturated carbocycles. The highest BCUT2D eigenvalue weighted by Gasteiger charge is 1.82. The molecule has 0 aliphatic rings. The highest BCUT2D eigenvalue weighted by Crippen LogP contribution is 1.99. The van der Waals surface area contributed by atoms with Crippen LogP contribution in [0, 0.1) is 0 Å². The summed E-state index contributed by atoms with van der Waals surface area (Å²) in [4.78, 5) is 4.02. The summed E-state index contributed by atoms with van der Waals surface area (Å²) in [6.45, 7) is 7.50. The second kappa shape index (κ2) is 6.14. The molecule has 0 spiro atoms. The zero-order valence-electron chi connectivity index (χ0n) is 6.89. The number of nitrogens with zero attached hydrogens (tertiary/aromatic N) is 1. The predicted molar refractivity (Wildman–Crippen MR) is 54.1 cm³/mol. The average molecular weight is 214 g/mol. The third-order valence-electron chi connectivity index (χ3n) is 1.14. The van der Waals surface area contributed by atoms with Gasteiger partial charge in [0, 0.05) is 6.20 Å². The molecule has 0 aromatic carbocycles. The summed E-state index contributed by atoms with van der Waals surface area (Å²) in [5.74, 6) is 0. The van der Waals surface area contributed by atoms with Crippen LogP contribution in [0.4, 0.5) is 0 Å². The Morgan fingerprint density at radius 3 is 2.73 bits per heavy atom. The van der Waals surface area contributed by atoms with Gasteiger partial charge in [-0.2, -0.15) is 0 Å². The molecule has 0 radical (unpaired) electrons. The first-order chi connectivity index (χ1) is 5.20. The van der Waals surface area contributed by atoms with Crippen molar-refractivity contribution < 1.29 is 0 Å². The molecule has 0 aromatic rings. The van der Waals surface area contributed by atoms with E-state index in [9.17, 15) is 0 Å². The lowest BCUT2D eigenvalue weighted by Crippen LogP contribution is -1.72. The summed E-state index contributed by atoms with van der Waals surface area (Å²) in [6.07, 6.45) is 4.58. The van der Waals surface area contributed by atoms with E-state index in [-0.39, 0.29) is 0 Å². The van der Waals surface area contributed by atoms with E-state index in [1.54, 1.807) is 6.20 Å². The molecular formula is C9H12BrN. The first-order valence-corrected chi connectivity index (χ1v) is 4.25. The van der Waals surface area contributed by atoms with Crippen molar-refractivity contribution in [2.24, 2.45) is 4.99 Å². The van der Waals surface area contributed by atoms with Gasteiger partial charge in [-0.25, -0.2) is 0 Å². The SMILES string of the molecule is C=C=C(/C=C\N=C(C)Br)CC. The third kappa shape index (κ3) is 5.84. The highest BCUT2D eigenvalue weighted by molar-refractivity contribution is 9.18. The van der Waals surface area contributed by atoms with Crippen molar-refractivity contribution in [3.05, 3.63) is 30.2 Å². The number of allylic oxidation sites excluding steroid dienone is 2. The van der Waals surface area contributed by atoms with E-state index >= 15 is 0 Å². The van der Waals surface area contributed by atoms with E-state index in [0.29, 0.717) is 0 Å². The first-order valence-electron chi connectivity index (χ1n) is 3.46. The molecule has 2 heteroatoms. The minimum atomic E-state index is 0.869. The molecule has 0 fully saturated rings. The molecule has 0 heterocycles. The standard InChI is InChI=1S/C9H12BrN/c1-4-9(5-2)6-7-11-8(3)10/h6-7H,1,5H2,2-3H3/b7-6-,11-8?. The Kier molecular flexibility index (Phi) is 5.81. The van der Waals surface area contributed by atoms with E-state index < -0.39 is 0 Å². The van der Waals surface area contributed by atoms with Crippen LogP contribution in [0.2, 0.25) is 0 Å². The lowest BCUT2D eigenvalue weighted by atomic mass is 10.2. The Balaban J connectivity index is 4.13. The summed E-state index contributed by atoms with van der Waals surface area (Å²) in [6, 6.07) is 0. The van der Waals surface area contributed by atoms with Crippen molar-refractivity contribution in [3.63, 3.8) is 0 Å². The largest absolute Gasteiger partial charge is 0.254 e. The molecule has 0 aliphatic heterocycles. The van der Waals surface area contributed by atoms with E-state index in [1.165, 1.54) is 0 Å². The van der Waals surface area contributed by atoms with Crippen LogP contribution in [0.15, 0.2) is 35.2 Å². The highest BCUT2D eigenvalue weighted by atomic mass is 79.9. The third-order valence-corrected chi connectivity index (χ3v) is 1.34. The van der Waals surface area contributed by atoms with Gasteiger partial charge in [0.15, 0.2) is 0 Å². The fourth-order valence-corrected chi connectivity index (χ4v) is 0.650. The number of rotatable bonds is 3. The molecule has 0 rings (SSSR count). The van der Waals surface area contributed by atoms with Crippen LogP contribution in [0.3, 0.4) is 0 Å². The molecule has 0 atom stereocenters. The molecule has 0 amide bonds. The van der Waals surface area contributed by atoms with Gasteiger partial charge >= 0.3 is 0 Å². The van der Waals surface area contributed by atoms with Crippen LogP contribution in [-0.4, -0.2) is 4.62 Å². The van der Waals surface area contributed by atoms with Crippen LogP contribution in [-0.2, 0) is 0 Å². The first kappa shape index (κ1) is 10.4. The number of hydrogen-bond acceptors (Lipinski definition) is 1. The lowest BCUT2D eigenvalue weighted by molar-refractivity contribution is 1.15. The van der Waals surface area contributed by atoms with E-state index in [0.717, 1.165) is 16.6 Å². The Morgan fingerprint density at radius 2 is 2.36 bits per heavy atom. The number of aliphatic imine (C=N–C) groups is 1. The molecule has 60 valence electrons. The van der Waals surface area contributed by atoms with Gasteiger partial charge in [-0.05, 0) is 40.9 Å². The summed E-state index contributed by atoms with van der Waals surface area (Å²) >= 11 is 3.22. The van der Waals surface area contributed by atoms with Crippen LogP contribution in [0.1, 0.15) is 20.3 Å². The zero-order chi connectivity index (χ0) is 8.69. The maximum Gasteiger partial charge on any atom is 0.0798 e. The molecule has 0 unspecified atom stereocenters. The van der Waals surface area contributed by atoms with Crippen molar-refractivity contribution in [2.45, 2.75) is 20.3 Å². The monoisotopic (exact) mass is 213 g/mol. The number of hydrogen-bond donors (Lipinski definition) is 0. The van der Waals surface area contributed by atoms with Crippen LogP contribution in [0.5, 0.6) is 0 Å². The Hall–Kier alpha value is -0.590. The van der Waals surface area contributed by atoms with Crippen molar-refractivity contribution in [1.82, 2.24) is 0 Å². The minimum Gasteiger partial charge on any atom is -0.254 e. The Labute approximate surface area is 76.4 Å². The Bertz CT molecular complexity index is 216.